The topological polar surface area (TPSA) is 24.1 Å². The summed E-state index contributed by atoms with van der Waals surface area (Å²) in [4.78, 5) is 0. The van der Waals surface area contributed by atoms with Gasteiger partial charge in [-0.25, -0.2) is 0 Å². The van der Waals surface area contributed by atoms with Gasteiger partial charge in [0.15, 0.2) is 0 Å². The molecule has 3 aliphatic heterocycles. The number of quaternary nitrogens is 1. The molecule has 2 N–H and O–H groups in total. The van der Waals surface area contributed by atoms with E-state index in [0.717, 1.165) is 25.2 Å². The van der Waals surface area contributed by atoms with Crippen LogP contribution >= 0.6 is 0 Å². The van der Waals surface area contributed by atoms with Gasteiger partial charge in [-0.15, -0.1) is 0 Å². The first-order chi connectivity index (χ1) is 10.8. The summed E-state index contributed by atoms with van der Waals surface area (Å²) in [5.74, 6) is 0. The largest absolute Gasteiger partial charge is 0.316 e. The molecule has 0 aliphatic carbocycles. The average Bonchev–Trinajstić information content (AvgIpc) is 3.12. The third-order valence-corrected chi connectivity index (χ3v) is 6.44. The normalized spacial score (nSPS) is 35.3. The van der Waals surface area contributed by atoms with Crippen molar-refractivity contribution in [2.24, 2.45) is 0 Å². The molecular weight excluding hydrogens is 270 g/mol. The number of nitrogens with one attached hydrogen (secondary N) is 2. The predicted molar refractivity (Wildman–Crippen MR) is 93.4 cm³/mol. The van der Waals surface area contributed by atoms with Crippen LogP contribution in [0, 0.1) is 0 Å². The molecule has 2 saturated heterocycles. The molecule has 0 amide bonds. The molecule has 4 rings (SSSR count). The lowest BCUT2D eigenvalue weighted by molar-refractivity contribution is 0.203. The molecule has 3 nitrogen and oxygen atoms in total. The van der Waals surface area contributed by atoms with E-state index in [9.17, 15) is 0 Å². The van der Waals surface area contributed by atoms with Gasteiger partial charge >= 0.3 is 0 Å². The first kappa shape index (κ1) is 14.7. The molecule has 3 heteroatoms. The zero-order valence-electron chi connectivity index (χ0n) is 13.9. The van der Waals surface area contributed by atoms with Gasteiger partial charge in [0, 0.05) is 38.4 Å². The fourth-order valence-corrected chi connectivity index (χ4v) is 5.19. The molecule has 3 atom stereocenters. The zero-order valence-corrected chi connectivity index (χ0v) is 13.9. The Bertz CT molecular complexity index is 535. The summed E-state index contributed by atoms with van der Waals surface area (Å²) in [7, 11) is 0. The Morgan fingerprint density at radius 1 is 1.00 bits per heavy atom. The lowest BCUT2D eigenvalue weighted by Gasteiger charge is -2.43. The van der Waals surface area contributed by atoms with Crippen molar-refractivity contribution < 1.29 is 0 Å². The van der Waals surface area contributed by atoms with Crippen molar-refractivity contribution in [3.63, 3.8) is 0 Å². The number of hydrogen-bond acceptors (Lipinski definition) is 2. The molecular formula is C19H30N3+. The Balaban J connectivity index is 1.75. The molecule has 1 unspecified atom stereocenters. The van der Waals surface area contributed by atoms with Gasteiger partial charge in [-0.3, -0.25) is 4.48 Å². The average molecular weight is 300 g/mol. The second-order valence-electron chi connectivity index (χ2n) is 7.50. The van der Waals surface area contributed by atoms with E-state index in [2.05, 4.69) is 35.8 Å². The van der Waals surface area contributed by atoms with Crippen LogP contribution in [-0.2, 0) is 12.8 Å². The Morgan fingerprint density at radius 2 is 1.86 bits per heavy atom. The lowest BCUT2D eigenvalue weighted by atomic mass is 9.99. The van der Waals surface area contributed by atoms with Gasteiger partial charge in [-0.1, -0.05) is 6.07 Å². The maximum absolute atomic E-state index is 3.61. The summed E-state index contributed by atoms with van der Waals surface area (Å²) >= 11 is 0. The number of benzene rings is 1. The highest BCUT2D eigenvalue weighted by atomic mass is 15.4. The fourth-order valence-electron chi connectivity index (χ4n) is 5.19. The summed E-state index contributed by atoms with van der Waals surface area (Å²) in [5.41, 5.74) is 4.77. The van der Waals surface area contributed by atoms with E-state index in [1.807, 2.05) is 0 Å². The number of likely N-dealkylation sites (tertiary alicyclic amines) is 1. The van der Waals surface area contributed by atoms with Gasteiger partial charge in [0.1, 0.15) is 11.7 Å². The molecule has 0 radical (unpaired) electrons. The van der Waals surface area contributed by atoms with E-state index >= 15 is 0 Å². The fraction of sp³-hybridized carbons (Fsp3) is 0.684. The summed E-state index contributed by atoms with van der Waals surface area (Å²) < 4.78 is 1.24. The first-order valence-corrected chi connectivity index (χ1v) is 9.22. The van der Waals surface area contributed by atoms with Crippen molar-refractivity contribution in [2.45, 2.75) is 51.1 Å². The highest BCUT2D eigenvalue weighted by Crippen LogP contribution is 2.40. The number of hydrogen-bond donors (Lipinski definition) is 2. The maximum atomic E-state index is 3.61. The van der Waals surface area contributed by atoms with Crippen molar-refractivity contribution >= 4 is 5.69 Å². The van der Waals surface area contributed by atoms with E-state index in [-0.39, 0.29) is 0 Å². The Kier molecular flexibility index (Phi) is 3.97. The minimum atomic E-state index is 0.770. The minimum Gasteiger partial charge on any atom is -0.316 e. The van der Waals surface area contributed by atoms with Crippen molar-refractivity contribution in [2.75, 3.05) is 32.7 Å². The predicted octanol–water partition coefficient (Wildman–Crippen LogP) is 2.23. The lowest BCUT2D eigenvalue weighted by Crippen LogP contribution is -2.59. The van der Waals surface area contributed by atoms with Crippen LogP contribution in [0.5, 0.6) is 0 Å². The van der Waals surface area contributed by atoms with Crippen LogP contribution in [0.1, 0.15) is 37.3 Å². The zero-order chi connectivity index (χ0) is 15.0. The molecule has 0 aromatic heterocycles. The van der Waals surface area contributed by atoms with E-state index in [0.29, 0.717) is 0 Å². The molecule has 3 heterocycles. The molecule has 1 aromatic carbocycles. The molecule has 0 spiro atoms. The van der Waals surface area contributed by atoms with Crippen LogP contribution in [0.15, 0.2) is 18.2 Å². The van der Waals surface area contributed by atoms with Crippen molar-refractivity contribution in [1.29, 1.82) is 0 Å². The highest BCUT2D eigenvalue weighted by molar-refractivity contribution is 5.51. The van der Waals surface area contributed by atoms with Crippen LogP contribution < -0.4 is 15.1 Å². The van der Waals surface area contributed by atoms with Crippen LogP contribution in [0.25, 0.3) is 0 Å². The van der Waals surface area contributed by atoms with Crippen LogP contribution in [-0.4, -0.2) is 44.8 Å². The van der Waals surface area contributed by atoms with Gasteiger partial charge in [-0.2, -0.15) is 0 Å². The van der Waals surface area contributed by atoms with Crippen molar-refractivity contribution in [3.05, 3.63) is 29.3 Å². The van der Waals surface area contributed by atoms with Gasteiger partial charge in [0.05, 0.1) is 12.6 Å². The third-order valence-electron chi connectivity index (χ3n) is 6.44. The summed E-state index contributed by atoms with van der Waals surface area (Å²) in [6, 6.07) is 9.02. The van der Waals surface area contributed by atoms with Gasteiger partial charge in [0.2, 0.25) is 0 Å². The molecule has 120 valence electrons. The van der Waals surface area contributed by atoms with E-state index in [1.54, 1.807) is 16.8 Å². The Labute approximate surface area is 134 Å². The van der Waals surface area contributed by atoms with Gasteiger partial charge < -0.3 is 10.6 Å². The second-order valence-corrected chi connectivity index (χ2v) is 7.50. The van der Waals surface area contributed by atoms with E-state index < -0.39 is 0 Å². The van der Waals surface area contributed by atoms with Gasteiger partial charge in [0.25, 0.3) is 0 Å². The molecule has 2 fully saturated rings. The standard InChI is InChI=1S/C19H30N3/c1-15-3-2-12-22(15,19-8-11-21-14-19)18-5-4-16-6-9-20-10-7-17(16)13-18/h4-5,13,15,19-21H,2-3,6-12,14H2,1H3/q+1/t15-,19-,22?/m0/s1. The molecule has 1 aromatic rings. The maximum Gasteiger partial charge on any atom is 0.133 e. The first-order valence-electron chi connectivity index (χ1n) is 9.22. The van der Waals surface area contributed by atoms with E-state index in [4.69, 9.17) is 0 Å². The quantitative estimate of drug-likeness (QED) is 0.819. The molecule has 0 saturated carbocycles. The van der Waals surface area contributed by atoms with Crippen molar-refractivity contribution in [3.8, 4) is 0 Å². The van der Waals surface area contributed by atoms with Crippen LogP contribution in [0.2, 0.25) is 0 Å². The van der Waals surface area contributed by atoms with E-state index in [1.165, 1.54) is 56.2 Å². The smallest absolute Gasteiger partial charge is 0.133 e. The number of rotatable bonds is 2. The minimum absolute atomic E-state index is 0.770. The molecule has 3 aliphatic rings. The number of fused-ring (bicyclic) bond motifs is 1. The highest BCUT2D eigenvalue weighted by Gasteiger charge is 2.48. The molecule has 22 heavy (non-hydrogen) atoms. The summed E-state index contributed by atoms with van der Waals surface area (Å²) in [5, 5.41) is 7.15. The van der Waals surface area contributed by atoms with Crippen LogP contribution in [0.4, 0.5) is 5.69 Å². The summed E-state index contributed by atoms with van der Waals surface area (Å²) in [6.07, 6.45) is 6.49. The second kappa shape index (κ2) is 5.95. The number of nitrogens with zero attached hydrogens (tertiary/aromatic N) is 1. The Morgan fingerprint density at radius 3 is 2.59 bits per heavy atom. The van der Waals surface area contributed by atoms with Crippen LogP contribution in [0.3, 0.4) is 0 Å². The Hall–Kier alpha value is -0.900. The van der Waals surface area contributed by atoms with Gasteiger partial charge in [-0.05, 0) is 50.0 Å². The molecule has 0 bridgehead atoms. The monoisotopic (exact) mass is 300 g/mol. The SMILES string of the molecule is C[C@H]1CCC[N+]1(c1ccc2c(c1)CCNCC2)[C@H]1CCNC1. The summed E-state index contributed by atoms with van der Waals surface area (Å²) in [6.45, 7) is 8.49. The van der Waals surface area contributed by atoms with Crippen molar-refractivity contribution in [1.82, 2.24) is 15.1 Å². The third kappa shape index (κ3) is 2.31.